The number of fused-ring (bicyclic) bond motifs is 3. The Kier molecular flexibility index (Phi) is 4.05. The first-order chi connectivity index (χ1) is 11.1. The quantitative estimate of drug-likeness (QED) is 0.770. The highest BCUT2D eigenvalue weighted by atomic mass is 16.4. The van der Waals surface area contributed by atoms with Gasteiger partial charge in [-0.05, 0) is 36.8 Å². The smallest absolute Gasteiger partial charge is 0.304 e. The highest BCUT2D eigenvalue weighted by molar-refractivity contribution is 5.89. The fraction of sp³-hybridized carbons (Fsp3) is 0.450. The molecule has 1 aliphatic rings. The number of allylic oxidation sites excluding steroid dienone is 1. The predicted octanol–water partition coefficient (Wildman–Crippen LogP) is 4.92. The summed E-state index contributed by atoms with van der Waals surface area (Å²) in [5, 5.41) is 10.7. The molecule has 2 aromatic rings. The summed E-state index contributed by atoms with van der Waals surface area (Å²) in [5.41, 5.74) is 4.59. The van der Waals surface area contributed by atoms with Gasteiger partial charge in [-0.15, -0.1) is 6.58 Å². The van der Waals surface area contributed by atoms with Crippen molar-refractivity contribution in [3.63, 3.8) is 0 Å². The van der Waals surface area contributed by atoms with Crippen molar-refractivity contribution in [2.45, 2.75) is 57.3 Å². The fourth-order valence-corrected chi connectivity index (χ4v) is 4.28. The third-order valence-corrected chi connectivity index (χ3v) is 5.63. The van der Waals surface area contributed by atoms with E-state index in [0.29, 0.717) is 5.92 Å². The van der Waals surface area contributed by atoms with Crippen molar-refractivity contribution in [2.24, 2.45) is 0 Å². The molecule has 1 heterocycles. The molecule has 0 spiro atoms. The van der Waals surface area contributed by atoms with Gasteiger partial charge in [0.2, 0.25) is 0 Å². The molecule has 1 aromatic heterocycles. The van der Waals surface area contributed by atoms with Crippen LogP contribution < -0.4 is 0 Å². The summed E-state index contributed by atoms with van der Waals surface area (Å²) in [7, 11) is 0. The Labute approximate surface area is 137 Å². The van der Waals surface area contributed by atoms with Crippen LogP contribution in [-0.2, 0) is 16.6 Å². The van der Waals surface area contributed by atoms with E-state index in [-0.39, 0.29) is 11.8 Å². The zero-order valence-electron chi connectivity index (χ0n) is 14.0. The molecule has 0 aliphatic heterocycles. The lowest BCUT2D eigenvalue weighted by molar-refractivity contribution is -0.138. The topological polar surface area (TPSA) is 53.1 Å². The van der Waals surface area contributed by atoms with Crippen LogP contribution in [0.3, 0.4) is 0 Å². The summed E-state index contributed by atoms with van der Waals surface area (Å²) in [6.45, 7) is 8.28. The van der Waals surface area contributed by atoms with Gasteiger partial charge >= 0.3 is 5.97 Å². The summed E-state index contributed by atoms with van der Waals surface area (Å²) < 4.78 is 0. The van der Waals surface area contributed by atoms with Gasteiger partial charge in [-0.3, -0.25) is 4.79 Å². The lowest BCUT2D eigenvalue weighted by Crippen LogP contribution is -2.34. The van der Waals surface area contributed by atoms with Gasteiger partial charge in [-0.2, -0.15) is 0 Å². The molecule has 3 nitrogen and oxygen atoms in total. The monoisotopic (exact) mass is 311 g/mol. The molecule has 2 atom stereocenters. The number of carboxylic acids is 1. The molecule has 0 radical (unpaired) electrons. The Bertz CT molecular complexity index is 758. The number of carboxylic acid groups (broad SMARTS) is 1. The van der Waals surface area contributed by atoms with Crippen molar-refractivity contribution in [3.05, 3.63) is 47.7 Å². The van der Waals surface area contributed by atoms with Crippen molar-refractivity contribution in [2.75, 3.05) is 0 Å². The average molecular weight is 311 g/mol. The van der Waals surface area contributed by atoms with Crippen LogP contribution in [-0.4, -0.2) is 16.1 Å². The number of carbonyl (C=O) groups is 1. The molecular formula is C20H25NO2. The van der Waals surface area contributed by atoms with E-state index in [1.165, 1.54) is 22.0 Å². The SMILES string of the molecule is C=C[C@@H]1CCC(CC)(CC(=O)O)c2[nH]c3c(CC)cccc3c21. The van der Waals surface area contributed by atoms with Crippen molar-refractivity contribution >= 4 is 16.9 Å². The fourth-order valence-electron chi connectivity index (χ4n) is 4.28. The van der Waals surface area contributed by atoms with Gasteiger partial charge in [0.05, 0.1) is 6.42 Å². The van der Waals surface area contributed by atoms with Gasteiger partial charge in [-0.1, -0.05) is 38.1 Å². The first-order valence-electron chi connectivity index (χ1n) is 8.54. The number of aromatic amines is 1. The van der Waals surface area contributed by atoms with Gasteiger partial charge in [0.15, 0.2) is 0 Å². The number of hydrogen-bond acceptors (Lipinski definition) is 1. The van der Waals surface area contributed by atoms with Crippen LogP contribution in [0.4, 0.5) is 0 Å². The van der Waals surface area contributed by atoms with Crippen LogP contribution in [0.1, 0.15) is 62.3 Å². The Morgan fingerprint density at radius 1 is 1.48 bits per heavy atom. The van der Waals surface area contributed by atoms with E-state index in [0.717, 1.165) is 31.4 Å². The number of rotatable bonds is 5. The minimum Gasteiger partial charge on any atom is -0.481 e. The first-order valence-corrected chi connectivity index (χ1v) is 8.54. The normalized spacial score (nSPS) is 23.7. The Morgan fingerprint density at radius 2 is 2.26 bits per heavy atom. The number of aromatic nitrogens is 1. The van der Waals surface area contributed by atoms with Gasteiger partial charge in [0, 0.05) is 27.9 Å². The van der Waals surface area contributed by atoms with Gasteiger partial charge in [-0.25, -0.2) is 0 Å². The summed E-state index contributed by atoms with van der Waals surface area (Å²) >= 11 is 0. The zero-order chi connectivity index (χ0) is 16.6. The number of nitrogens with one attached hydrogen (secondary N) is 1. The predicted molar refractivity (Wildman–Crippen MR) is 94.1 cm³/mol. The maximum atomic E-state index is 11.5. The van der Waals surface area contributed by atoms with Crippen molar-refractivity contribution in [1.29, 1.82) is 0 Å². The number of benzene rings is 1. The maximum Gasteiger partial charge on any atom is 0.304 e. The molecule has 0 fully saturated rings. The number of aliphatic carboxylic acids is 1. The zero-order valence-corrected chi connectivity index (χ0v) is 14.0. The second kappa shape index (κ2) is 5.88. The molecule has 0 amide bonds. The van der Waals surface area contributed by atoms with E-state index < -0.39 is 5.97 Å². The molecule has 0 bridgehead atoms. The molecule has 1 unspecified atom stereocenters. The number of para-hydroxylation sites is 1. The second-order valence-corrected chi connectivity index (χ2v) is 6.69. The summed E-state index contributed by atoms with van der Waals surface area (Å²) in [5.74, 6) is -0.413. The van der Waals surface area contributed by atoms with Crippen LogP contribution in [0.25, 0.3) is 10.9 Å². The molecule has 0 saturated heterocycles. The maximum absolute atomic E-state index is 11.5. The molecular weight excluding hydrogens is 286 g/mol. The molecule has 3 rings (SSSR count). The van der Waals surface area contributed by atoms with E-state index >= 15 is 0 Å². The van der Waals surface area contributed by atoms with Crippen molar-refractivity contribution in [1.82, 2.24) is 4.98 Å². The molecule has 122 valence electrons. The highest BCUT2D eigenvalue weighted by Gasteiger charge is 2.42. The molecule has 23 heavy (non-hydrogen) atoms. The minimum atomic E-state index is -0.718. The number of hydrogen-bond donors (Lipinski definition) is 2. The van der Waals surface area contributed by atoms with Crippen molar-refractivity contribution < 1.29 is 9.90 Å². The lowest BCUT2D eigenvalue weighted by atomic mass is 9.66. The van der Waals surface area contributed by atoms with E-state index in [9.17, 15) is 9.90 Å². The molecule has 1 aliphatic carbocycles. The Morgan fingerprint density at radius 3 is 2.87 bits per heavy atom. The van der Waals surface area contributed by atoms with Crippen LogP contribution in [0.5, 0.6) is 0 Å². The summed E-state index contributed by atoms with van der Waals surface area (Å²) in [6.07, 6.45) is 5.88. The van der Waals surface area contributed by atoms with E-state index in [1.807, 2.05) is 6.08 Å². The molecule has 0 saturated carbocycles. The third kappa shape index (κ3) is 2.39. The van der Waals surface area contributed by atoms with Crippen LogP contribution in [0, 0.1) is 0 Å². The van der Waals surface area contributed by atoms with Crippen molar-refractivity contribution in [3.8, 4) is 0 Å². The molecule has 3 heteroatoms. The molecule has 1 aromatic carbocycles. The number of H-pyrrole nitrogens is 1. The Hall–Kier alpha value is -2.03. The van der Waals surface area contributed by atoms with E-state index in [2.05, 4.69) is 43.6 Å². The Balaban J connectivity index is 2.31. The summed E-state index contributed by atoms with van der Waals surface area (Å²) in [4.78, 5) is 15.1. The van der Waals surface area contributed by atoms with E-state index in [1.54, 1.807) is 0 Å². The average Bonchev–Trinajstić information content (AvgIpc) is 2.95. The third-order valence-electron chi connectivity index (χ3n) is 5.63. The van der Waals surface area contributed by atoms with Gasteiger partial charge in [0.25, 0.3) is 0 Å². The van der Waals surface area contributed by atoms with Gasteiger partial charge in [0.1, 0.15) is 0 Å². The molecule has 2 N–H and O–H groups in total. The standard InChI is InChI=1S/C20H25NO2/c1-4-13-10-11-20(6-3,12-16(22)23)19-17(13)15-9-7-8-14(5-2)18(15)21-19/h4,7-9,13,21H,1,5-6,10-12H2,2-3H3,(H,22,23)/t13-,20?/m1/s1. The van der Waals surface area contributed by atoms with Gasteiger partial charge < -0.3 is 10.1 Å². The van der Waals surface area contributed by atoms with Crippen LogP contribution in [0.15, 0.2) is 30.9 Å². The summed E-state index contributed by atoms with van der Waals surface area (Å²) in [6, 6.07) is 6.42. The lowest BCUT2D eigenvalue weighted by Gasteiger charge is -2.38. The van der Waals surface area contributed by atoms with E-state index in [4.69, 9.17) is 0 Å². The first kappa shape index (κ1) is 15.9. The second-order valence-electron chi connectivity index (χ2n) is 6.69. The van der Waals surface area contributed by atoms with Crippen LogP contribution in [0.2, 0.25) is 0 Å². The highest BCUT2D eigenvalue weighted by Crippen LogP contribution is 2.49. The number of aryl methyl sites for hydroxylation is 1. The minimum absolute atomic E-state index is 0.189. The van der Waals surface area contributed by atoms with Crippen LogP contribution >= 0.6 is 0 Å². The largest absolute Gasteiger partial charge is 0.481 e.